The van der Waals surface area contributed by atoms with Crippen molar-refractivity contribution in [3.05, 3.63) is 81.3 Å². The molecule has 8 heteroatoms. The summed E-state index contributed by atoms with van der Waals surface area (Å²) in [6.07, 6.45) is 0.807. The van der Waals surface area contributed by atoms with E-state index < -0.39 is 11.5 Å². The summed E-state index contributed by atoms with van der Waals surface area (Å²) >= 11 is 0. The molecule has 0 saturated carbocycles. The molecule has 168 valence electrons. The number of hydrogen-bond donors (Lipinski definition) is 2. The lowest BCUT2D eigenvalue weighted by Gasteiger charge is -2.24. The van der Waals surface area contributed by atoms with Gasteiger partial charge in [-0.15, -0.1) is 0 Å². The molecule has 2 heterocycles. The van der Waals surface area contributed by atoms with Crippen molar-refractivity contribution in [2.24, 2.45) is 0 Å². The van der Waals surface area contributed by atoms with Gasteiger partial charge in [0.2, 0.25) is 0 Å². The summed E-state index contributed by atoms with van der Waals surface area (Å²) in [5.74, 6) is 1.11. The summed E-state index contributed by atoms with van der Waals surface area (Å²) in [6, 6.07) is 14.0. The first-order chi connectivity index (χ1) is 16.0. The van der Waals surface area contributed by atoms with Crippen LogP contribution in [0.4, 0.5) is 5.69 Å². The number of amides is 1. The van der Waals surface area contributed by atoms with Gasteiger partial charge in [-0.3, -0.25) is 14.4 Å². The molecule has 1 aromatic heterocycles. The number of nitrogens with one attached hydrogen (secondary N) is 2. The second-order valence-electron chi connectivity index (χ2n) is 8.02. The van der Waals surface area contributed by atoms with Gasteiger partial charge in [0.15, 0.2) is 17.3 Å². The molecular weight excluding hydrogens is 424 g/mol. The van der Waals surface area contributed by atoms with E-state index in [0.717, 1.165) is 11.3 Å². The first-order valence-corrected chi connectivity index (χ1v) is 10.7. The molecule has 1 amide bonds. The van der Waals surface area contributed by atoms with Crippen LogP contribution in [-0.4, -0.2) is 37.0 Å². The zero-order valence-corrected chi connectivity index (χ0v) is 18.0. The number of carbonyl (C=O) groups is 2. The number of rotatable bonds is 4. The standard InChI is InChI=1S/C25H22N2O6/c1-31-17-5-2-14(3-6-17)15-10-20-18(21(28)11-15)13-19(25(30)27-20)24(29)26-16-4-7-22-23(12-16)33-9-8-32-22/h2-7,12-13,15H,8-11H2,1H3,(H,26,29)(H,27,30). The molecular formula is C25H22N2O6. The Morgan fingerprint density at radius 2 is 1.76 bits per heavy atom. The van der Waals surface area contributed by atoms with E-state index in [9.17, 15) is 14.4 Å². The lowest BCUT2D eigenvalue weighted by atomic mass is 9.81. The quantitative estimate of drug-likeness (QED) is 0.637. The second-order valence-corrected chi connectivity index (χ2v) is 8.02. The Labute approximate surface area is 189 Å². The number of hydrogen-bond acceptors (Lipinski definition) is 6. The highest BCUT2D eigenvalue weighted by Crippen LogP contribution is 2.34. The Kier molecular flexibility index (Phi) is 5.34. The summed E-state index contributed by atoms with van der Waals surface area (Å²) < 4.78 is 16.2. The molecule has 5 rings (SSSR count). The molecule has 0 radical (unpaired) electrons. The Hall–Kier alpha value is -4.07. The van der Waals surface area contributed by atoms with E-state index in [2.05, 4.69) is 10.3 Å². The molecule has 1 aliphatic heterocycles. The minimum absolute atomic E-state index is 0.0519. The van der Waals surface area contributed by atoms with Gasteiger partial charge in [-0.1, -0.05) is 12.1 Å². The maximum atomic E-state index is 12.9. The van der Waals surface area contributed by atoms with E-state index in [1.807, 2.05) is 24.3 Å². The Bertz CT molecular complexity index is 1300. The van der Waals surface area contributed by atoms with Crippen LogP contribution in [0.15, 0.2) is 53.3 Å². The third kappa shape index (κ3) is 4.07. The van der Waals surface area contributed by atoms with Crippen molar-refractivity contribution in [3.63, 3.8) is 0 Å². The van der Waals surface area contributed by atoms with Crippen molar-refractivity contribution in [2.45, 2.75) is 18.8 Å². The van der Waals surface area contributed by atoms with Gasteiger partial charge in [0.05, 0.1) is 7.11 Å². The largest absolute Gasteiger partial charge is 0.497 e. The van der Waals surface area contributed by atoms with Crippen LogP contribution in [0.3, 0.4) is 0 Å². The molecule has 1 atom stereocenters. The third-order valence-corrected chi connectivity index (χ3v) is 5.94. The molecule has 2 N–H and O–H groups in total. The number of aromatic nitrogens is 1. The zero-order valence-electron chi connectivity index (χ0n) is 18.0. The van der Waals surface area contributed by atoms with Crippen molar-refractivity contribution >= 4 is 17.4 Å². The molecule has 0 fully saturated rings. The number of H-pyrrole nitrogens is 1. The van der Waals surface area contributed by atoms with Gasteiger partial charge in [-0.05, 0) is 48.2 Å². The van der Waals surface area contributed by atoms with Gasteiger partial charge >= 0.3 is 0 Å². The lowest BCUT2D eigenvalue weighted by Crippen LogP contribution is -2.29. The number of methoxy groups -OCH3 is 1. The van der Waals surface area contributed by atoms with Gasteiger partial charge in [0.1, 0.15) is 24.5 Å². The van der Waals surface area contributed by atoms with Crippen LogP contribution in [0.1, 0.15) is 44.3 Å². The molecule has 8 nitrogen and oxygen atoms in total. The fourth-order valence-electron chi connectivity index (χ4n) is 4.23. The summed E-state index contributed by atoms with van der Waals surface area (Å²) in [5, 5.41) is 2.70. The van der Waals surface area contributed by atoms with Crippen molar-refractivity contribution < 1.29 is 23.8 Å². The van der Waals surface area contributed by atoms with Crippen LogP contribution >= 0.6 is 0 Å². The van der Waals surface area contributed by atoms with Crippen LogP contribution in [0.25, 0.3) is 0 Å². The maximum Gasteiger partial charge on any atom is 0.261 e. The minimum atomic E-state index is -0.596. The van der Waals surface area contributed by atoms with Crippen molar-refractivity contribution in [1.29, 1.82) is 0 Å². The number of ketones is 1. The number of anilines is 1. The summed E-state index contributed by atoms with van der Waals surface area (Å²) in [7, 11) is 1.60. The fraction of sp³-hybridized carbons (Fsp3) is 0.240. The number of ether oxygens (including phenoxy) is 3. The average Bonchev–Trinajstić information content (AvgIpc) is 2.83. The molecule has 0 saturated heterocycles. The van der Waals surface area contributed by atoms with E-state index in [1.54, 1.807) is 25.3 Å². The second kappa shape index (κ2) is 8.46. The summed E-state index contributed by atoms with van der Waals surface area (Å²) in [5.41, 5.74) is 1.75. The number of aromatic amines is 1. The molecule has 3 aromatic rings. The van der Waals surface area contributed by atoms with Crippen LogP contribution < -0.4 is 25.1 Å². The van der Waals surface area contributed by atoms with Crippen molar-refractivity contribution in [2.75, 3.05) is 25.6 Å². The van der Waals surface area contributed by atoms with Crippen LogP contribution in [0, 0.1) is 0 Å². The zero-order chi connectivity index (χ0) is 22.9. The minimum Gasteiger partial charge on any atom is -0.497 e. The fourth-order valence-corrected chi connectivity index (χ4v) is 4.23. The predicted octanol–water partition coefficient (Wildman–Crippen LogP) is 3.32. The van der Waals surface area contributed by atoms with Crippen molar-refractivity contribution in [3.8, 4) is 17.2 Å². The van der Waals surface area contributed by atoms with Gasteiger partial charge in [0, 0.05) is 29.4 Å². The monoisotopic (exact) mass is 446 g/mol. The number of fused-ring (bicyclic) bond motifs is 2. The van der Waals surface area contributed by atoms with Gasteiger partial charge in [0.25, 0.3) is 11.5 Å². The van der Waals surface area contributed by atoms with Crippen LogP contribution in [0.5, 0.6) is 17.2 Å². The molecule has 0 bridgehead atoms. The Morgan fingerprint density at radius 1 is 1.00 bits per heavy atom. The molecule has 2 aliphatic rings. The average molecular weight is 446 g/mol. The highest BCUT2D eigenvalue weighted by atomic mass is 16.6. The van der Waals surface area contributed by atoms with Gasteiger partial charge < -0.3 is 24.5 Å². The number of carbonyl (C=O) groups excluding carboxylic acids is 2. The van der Waals surface area contributed by atoms with E-state index >= 15 is 0 Å². The first kappa shape index (κ1) is 20.8. The highest BCUT2D eigenvalue weighted by molar-refractivity contribution is 6.07. The van der Waals surface area contributed by atoms with E-state index in [4.69, 9.17) is 14.2 Å². The van der Waals surface area contributed by atoms with E-state index in [1.165, 1.54) is 6.07 Å². The smallest absolute Gasteiger partial charge is 0.261 e. The van der Waals surface area contributed by atoms with Crippen LogP contribution in [-0.2, 0) is 6.42 Å². The lowest BCUT2D eigenvalue weighted by molar-refractivity contribution is 0.0963. The normalized spacial score (nSPS) is 16.6. The maximum absolute atomic E-state index is 12.9. The predicted molar refractivity (Wildman–Crippen MR) is 121 cm³/mol. The molecule has 0 spiro atoms. The molecule has 2 aromatic carbocycles. The Morgan fingerprint density at radius 3 is 2.52 bits per heavy atom. The molecule has 1 aliphatic carbocycles. The van der Waals surface area contributed by atoms with E-state index in [-0.39, 0.29) is 17.3 Å². The Balaban J connectivity index is 1.38. The SMILES string of the molecule is COc1ccc(C2CC(=O)c3cc(C(=O)Nc4ccc5c(c4)OCCO5)c(=O)[nH]c3C2)cc1. The molecule has 33 heavy (non-hydrogen) atoms. The van der Waals surface area contributed by atoms with Gasteiger partial charge in [-0.2, -0.15) is 0 Å². The summed E-state index contributed by atoms with van der Waals surface area (Å²) in [4.78, 5) is 41.2. The van der Waals surface area contributed by atoms with Gasteiger partial charge in [-0.25, -0.2) is 0 Å². The number of pyridine rings is 1. The molecule has 1 unspecified atom stereocenters. The highest BCUT2D eigenvalue weighted by Gasteiger charge is 2.29. The van der Waals surface area contributed by atoms with Crippen LogP contribution in [0.2, 0.25) is 0 Å². The number of benzene rings is 2. The first-order valence-electron chi connectivity index (χ1n) is 10.7. The summed E-state index contributed by atoms with van der Waals surface area (Å²) in [6.45, 7) is 0.894. The van der Waals surface area contributed by atoms with E-state index in [0.29, 0.717) is 54.5 Å². The number of Topliss-reactive ketones (excluding diaryl/α,β-unsaturated/α-hetero) is 1. The van der Waals surface area contributed by atoms with Crippen molar-refractivity contribution in [1.82, 2.24) is 4.98 Å². The third-order valence-electron chi connectivity index (χ3n) is 5.94. The topological polar surface area (TPSA) is 107 Å².